The summed E-state index contributed by atoms with van der Waals surface area (Å²) in [5, 5.41) is 4.03. The van der Waals surface area contributed by atoms with Gasteiger partial charge in [-0.25, -0.2) is 0 Å². The Morgan fingerprint density at radius 3 is 2.86 bits per heavy atom. The highest BCUT2D eigenvalue weighted by atomic mass is 79.9. The second-order valence-electron chi connectivity index (χ2n) is 5.44. The number of likely N-dealkylation sites (tertiary alicyclic amines) is 1. The van der Waals surface area contributed by atoms with Crippen molar-refractivity contribution in [2.45, 2.75) is 25.3 Å². The van der Waals surface area contributed by atoms with Crippen LogP contribution in [-0.4, -0.2) is 34.7 Å². The maximum absolute atomic E-state index is 6.21. The van der Waals surface area contributed by atoms with E-state index in [9.17, 15) is 0 Å². The minimum Gasteiger partial charge on any atom is -0.334 e. The number of benzene rings is 1. The molecule has 112 valence electrons. The number of nitrogens with two attached hydrogens (primary N) is 1. The van der Waals surface area contributed by atoms with Gasteiger partial charge in [-0.05, 0) is 44.1 Å². The summed E-state index contributed by atoms with van der Waals surface area (Å²) in [4.78, 5) is 6.82. The van der Waals surface area contributed by atoms with Gasteiger partial charge in [-0.1, -0.05) is 33.6 Å². The summed E-state index contributed by atoms with van der Waals surface area (Å²) in [6.07, 6.45) is 3.82. The highest BCUT2D eigenvalue weighted by Gasteiger charge is 2.19. The maximum atomic E-state index is 6.21. The van der Waals surface area contributed by atoms with Crippen molar-refractivity contribution in [3.8, 4) is 11.5 Å². The van der Waals surface area contributed by atoms with Crippen molar-refractivity contribution in [1.82, 2.24) is 15.0 Å². The summed E-state index contributed by atoms with van der Waals surface area (Å²) in [5.74, 6) is 1.09. The third-order valence-corrected chi connectivity index (χ3v) is 4.24. The topological polar surface area (TPSA) is 68.2 Å². The molecule has 0 spiro atoms. The molecule has 2 heterocycles. The lowest BCUT2D eigenvalue weighted by molar-refractivity contribution is 0.213. The Kier molecular flexibility index (Phi) is 4.67. The fourth-order valence-corrected chi connectivity index (χ4v) is 3.03. The smallest absolute Gasteiger partial charge is 0.258 e. The van der Waals surface area contributed by atoms with E-state index in [1.807, 2.05) is 24.3 Å². The average Bonchev–Trinajstić information content (AvgIpc) is 2.98. The van der Waals surface area contributed by atoms with Gasteiger partial charge in [0.05, 0.1) is 6.04 Å². The number of aromatic nitrogens is 2. The fraction of sp³-hybridized carbons (Fsp3) is 0.467. The SMILES string of the molecule is NC(CN1CCCCC1)c1noc(-c2cccc(Br)c2)n1. The Hall–Kier alpha value is -1.24. The van der Waals surface area contributed by atoms with Crippen molar-refractivity contribution in [2.24, 2.45) is 5.73 Å². The van der Waals surface area contributed by atoms with Crippen molar-refractivity contribution < 1.29 is 4.52 Å². The van der Waals surface area contributed by atoms with Gasteiger partial charge in [0.2, 0.25) is 0 Å². The Labute approximate surface area is 132 Å². The maximum Gasteiger partial charge on any atom is 0.258 e. The van der Waals surface area contributed by atoms with Gasteiger partial charge < -0.3 is 15.2 Å². The number of nitrogens with zero attached hydrogens (tertiary/aromatic N) is 3. The monoisotopic (exact) mass is 350 g/mol. The van der Waals surface area contributed by atoms with E-state index in [-0.39, 0.29) is 6.04 Å². The number of piperidine rings is 1. The van der Waals surface area contributed by atoms with Crippen LogP contribution in [0.15, 0.2) is 33.3 Å². The molecule has 1 aliphatic heterocycles. The third kappa shape index (κ3) is 3.70. The van der Waals surface area contributed by atoms with Crippen LogP contribution < -0.4 is 5.73 Å². The largest absolute Gasteiger partial charge is 0.334 e. The zero-order valence-corrected chi connectivity index (χ0v) is 13.4. The Bertz CT molecular complexity index is 595. The zero-order chi connectivity index (χ0) is 14.7. The van der Waals surface area contributed by atoms with Gasteiger partial charge >= 0.3 is 0 Å². The summed E-state index contributed by atoms with van der Waals surface area (Å²) in [7, 11) is 0. The van der Waals surface area contributed by atoms with Crippen LogP contribution in [-0.2, 0) is 0 Å². The van der Waals surface area contributed by atoms with Crippen LogP contribution in [0.5, 0.6) is 0 Å². The molecule has 1 atom stereocenters. The molecule has 21 heavy (non-hydrogen) atoms. The van der Waals surface area contributed by atoms with Crippen LogP contribution >= 0.6 is 15.9 Å². The molecule has 5 nitrogen and oxygen atoms in total. The van der Waals surface area contributed by atoms with Crippen LogP contribution in [0.1, 0.15) is 31.1 Å². The second-order valence-corrected chi connectivity index (χ2v) is 6.35. The first-order valence-electron chi connectivity index (χ1n) is 7.30. The number of hydrogen-bond donors (Lipinski definition) is 1. The van der Waals surface area contributed by atoms with Crippen molar-refractivity contribution >= 4 is 15.9 Å². The molecule has 1 aliphatic rings. The van der Waals surface area contributed by atoms with Gasteiger partial charge in [-0.2, -0.15) is 4.98 Å². The van der Waals surface area contributed by atoms with Gasteiger partial charge in [-0.3, -0.25) is 0 Å². The van der Waals surface area contributed by atoms with E-state index in [1.54, 1.807) is 0 Å². The number of rotatable bonds is 4. The second kappa shape index (κ2) is 6.68. The molecule has 1 aromatic carbocycles. The van der Waals surface area contributed by atoms with E-state index in [1.165, 1.54) is 19.3 Å². The van der Waals surface area contributed by atoms with E-state index in [4.69, 9.17) is 10.3 Å². The normalized spacial score (nSPS) is 17.8. The lowest BCUT2D eigenvalue weighted by Gasteiger charge is -2.27. The summed E-state index contributed by atoms with van der Waals surface area (Å²) >= 11 is 3.44. The third-order valence-electron chi connectivity index (χ3n) is 3.75. The predicted octanol–water partition coefficient (Wildman–Crippen LogP) is 2.98. The first-order valence-corrected chi connectivity index (χ1v) is 8.09. The van der Waals surface area contributed by atoms with Gasteiger partial charge in [0.25, 0.3) is 5.89 Å². The van der Waals surface area contributed by atoms with Crippen molar-refractivity contribution in [1.29, 1.82) is 0 Å². The van der Waals surface area contributed by atoms with E-state index < -0.39 is 0 Å². The lowest BCUT2D eigenvalue weighted by atomic mass is 10.1. The van der Waals surface area contributed by atoms with E-state index in [2.05, 4.69) is 31.0 Å². The molecule has 1 fully saturated rings. The molecule has 1 unspecified atom stereocenters. The first kappa shape index (κ1) is 14.7. The summed E-state index contributed by atoms with van der Waals surface area (Å²) in [5.41, 5.74) is 7.11. The standard InChI is InChI=1S/C15H19BrN4O/c16-12-6-4-5-11(9-12)15-18-14(19-21-15)13(17)10-20-7-2-1-3-8-20/h4-6,9,13H,1-3,7-8,10,17H2. The molecule has 6 heteroatoms. The van der Waals surface area contributed by atoms with Gasteiger partial charge in [-0.15, -0.1) is 0 Å². The van der Waals surface area contributed by atoms with Crippen molar-refractivity contribution in [3.63, 3.8) is 0 Å². The summed E-state index contributed by atoms with van der Waals surface area (Å²) in [6, 6.07) is 7.60. The van der Waals surface area contributed by atoms with Crippen molar-refractivity contribution in [3.05, 3.63) is 34.6 Å². The van der Waals surface area contributed by atoms with Crippen LogP contribution in [0.3, 0.4) is 0 Å². The highest BCUT2D eigenvalue weighted by Crippen LogP contribution is 2.22. The van der Waals surface area contributed by atoms with Crippen LogP contribution in [0.4, 0.5) is 0 Å². The number of halogens is 1. The minimum absolute atomic E-state index is 0.201. The van der Waals surface area contributed by atoms with Crippen LogP contribution in [0.25, 0.3) is 11.5 Å². The molecule has 2 N–H and O–H groups in total. The fourth-order valence-electron chi connectivity index (χ4n) is 2.63. The van der Waals surface area contributed by atoms with Crippen molar-refractivity contribution in [2.75, 3.05) is 19.6 Å². The molecule has 2 aromatic rings. The van der Waals surface area contributed by atoms with Crippen LogP contribution in [0.2, 0.25) is 0 Å². The average molecular weight is 351 g/mol. The summed E-state index contributed by atoms with van der Waals surface area (Å²) < 4.78 is 6.32. The molecule has 0 radical (unpaired) electrons. The molecular weight excluding hydrogens is 332 g/mol. The molecule has 1 aromatic heterocycles. The summed E-state index contributed by atoms with van der Waals surface area (Å²) in [6.45, 7) is 3.02. The molecule has 1 saturated heterocycles. The first-order chi connectivity index (χ1) is 10.2. The van der Waals surface area contributed by atoms with E-state index in [0.717, 1.165) is 29.7 Å². The molecule has 3 rings (SSSR count). The minimum atomic E-state index is -0.201. The molecule has 0 bridgehead atoms. The van der Waals surface area contributed by atoms with E-state index in [0.29, 0.717) is 11.7 Å². The zero-order valence-electron chi connectivity index (χ0n) is 11.8. The Morgan fingerprint density at radius 1 is 1.29 bits per heavy atom. The van der Waals surface area contributed by atoms with Gasteiger partial charge in [0.15, 0.2) is 5.82 Å². The number of hydrogen-bond acceptors (Lipinski definition) is 5. The molecular formula is C15H19BrN4O. The Balaban J connectivity index is 1.69. The molecule has 0 aliphatic carbocycles. The molecule has 0 amide bonds. The quantitative estimate of drug-likeness (QED) is 0.917. The highest BCUT2D eigenvalue weighted by molar-refractivity contribution is 9.10. The Morgan fingerprint density at radius 2 is 2.10 bits per heavy atom. The molecule has 0 saturated carbocycles. The van der Waals surface area contributed by atoms with Gasteiger partial charge in [0.1, 0.15) is 0 Å². The predicted molar refractivity (Wildman–Crippen MR) is 84.7 cm³/mol. The van der Waals surface area contributed by atoms with Gasteiger partial charge in [0, 0.05) is 16.6 Å². The van der Waals surface area contributed by atoms with Crippen LogP contribution in [0, 0.1) is 0 Å². The van der Waals surface area contributed by atoms with E-state index >= 15 is 0 Å². The lowest BCUT2D eigenvalue weighted by Crippen LogP contribution is -2.36.